The number of benzene rings is 1. The molecule has 0 unspecified atom stereocenters. The van der Waals surface area contributed by atoms with Gasteiger partial charge in [-0.15, -0.1) is 0 Å². The number of unbranched alkanes of at least 4 members (excludes halogenated alkanes) is 7. The Labute approximate surface area is 127 Å². The van der Waals surface area contributed by atoms with Crippen molar-refractivity contribution in [2.45, 2.75) is 91.4 Å². The predicted octanol–water partition coefficient (Wildman–Crippen LogP) is 6.63. The number of hydrogen-bond acceptors (Lipinski definition) is 0. The van der Waals surface area contributed by atoms with Crippen molar-refractivity contribution >= 4 is 0 Å². The molecule has 20 heavy (non-hydrogen) atoms. The van der Waals surface area contributed by atoms with Gasteiger partial charge < -0.3 is 0 Å². The van der Waals surface area contributed by atoms with Gasteiger partial charge in [0.15, 0.2) is 0 Å². The molecule has 0 fully saturated rings. The maximum absolute atomic E-state index is 2.36. The molecule has 0 saturated heterocycles. The summed E-state index contributed by atoms with van der Waals surface area (Å²) < 4.78 is 0. The fourth-order valence-corrected chi connectivity index (χ4v) is 3.00. The van der Waals surface area contributed by atoms with E-state index in [1.807, 2.05) is 0 Å². The summed E-state index contributed by atoms with van der Waals surface area (Å²) in [7, 11) is 0. The van der Waals surface area contributed by atoms with Crippen LogP contribution < -0.4 is 0 Å². The zero-order valence-electron chi connectivity index (χ0n) is 14.0. The van der Waals surface area contributed by atoms with Gasteiger partial charge in [-0.25, -0.2) is 0 Å². The molecule has 0 heterocycles. The molecule has 1 rings (SSSR count). The van der Waals surface area contributed by atoms with Gasteiger partial charge >= 0.3 is 0 Å². The van der Waals surface area contributed by atoms with Gasteiger partial charge in [-0.05, 0) is 49.3 Å². The van der Waals surface area contributed by atoms with Crippen LogP contribution in [0, 0.1) is 6.92 Å². The first kappa shape index (κ1) is 17.3. The molecule has 0 heteroatoms. The normalized spacial score (nSPS) is 10.9. The highest BCUT2D eigenvalue weighted by Gasteiger charge is 2.05. The van der Waals surface area contributed by atoms with Crippen LogP contribution in [0.5, 0.6) is 0 Å². The van der Waals surface area contributed by atoms with E-state index in [4.69, 9.17) is 0 Å². The van der Waals surface area contributed by atoms with Crippen molar-refractivity contribution in [1.82, 2.24) is 0 Å². The van der Waals surface area contributed by atoms with Crippen LogP contribution in [0.1, 0.15) is 88.3 Å². The lowest BCUT2D eigenvalue weighted by molar-refractivity contribution is 0.627. The summed E-state index contributed by atoms with van der Waals surface area (Å²) >= 11 is 0. The summed E-state index contributed by atoms with van der Waals surface area (Å²) in [6.07, 6.45) is 15.0. The van der Waals surface area contributed by atoms with E-state index in [-0.39, 0.29) is 0 Å². The molecule has 0 radical (unpaired) electrons. The van der Waals surface area contributed by atoms with E-state index in [0.717, 1.165) is 0 Å². The number of rotatable bonds is 11. The standard InChI is InChI=1S/C20H34/c1-4-6-8-10-11-15-19-16-13-14-18(3)20(19)17-12-9-7-5-2/h13-14,16H,4-12,15,17H2,1-3H3. The Balaban J connectivity index is 2.45. The summed E-state index contributed by atoms with van der Waals surface area (Å²) in [5.74, 6) is 0. The molecule has 0 atom stereocenters. The van der Waals surface area contributed by atoms with Crippen LogP contribution in [0.3, 0.4) is 0 Å². The molecule has 0 aliphatic rings. The Kier molecular flexibility index (Phi) is 9.45. The minimum absolute atomic E-state index is 1.29. The Morgan fingerprint density at radius 1 is 0.700 bits per heavy atom. The lowest BCUT2D eigenvalue weighted by atomic mass is 9.93. The van der Waals surface area contributed by atoms with Crippen LogP contribution in [0.15, 0.2) is 18.2 Å². The molecule has 0 spiro atoms. The largest absolute Gasteiger partial charge is 0.0654 e. The highest BCUT2D eigenvalue weighted by molar-refractivity contribution is 5.34. The third-order valence-electron chi connectivity index (χ3n) is 4.34. The molecule has 114 valence electrons. The number of aryl methyl sites for hydroxylation is 2. The molecule has 0 saturated carbocycles. The highest BCUT2D eigenvalue weighted by Crippen LogP contribution is 2.20. The summed E-state index contributed by atoms with van der Waals surface area (Å²) in [5.41, 5.74) is 4.78. The topological polar surface area (TPSA) is 0 Å². The average molecular weight is 274 g/mol. The van der Waals surface area contributed by atoms with Crippen LogP contribution in [0.4, 0.5) is 0 Å². The lowest BCUT2D eigenvalue weighted by Crippen LogP contribution is -1.98. The van der Waals surface area contributed by atoms with Gasteiger partial charge in [0.05, 0.1) is 0 Å². The molecule has 1 aromatic rings. The second kappa shape index (κ2) is 10.9. The smallest absolute Gasteiger partial charge is 0.0274 e. The van der Waals surface area contributed by atoms with E-state index >= 15 is 0 Å². The summed E-state index contributed by atoms with van der Waals surface area (Å²) in [5, 5.41) is 0. The second-order valence-electron chi connectivity index (χ2n) is 6.19. The van der Waals surface area contributed by atoms with Crippen LogP contribution in [0.2, 0.25) is 0 Å². The molecule has 0 amide bonds. The minimum Gasteiger partial charge on any atom is -0.0654 e. The van der Waals surface area contributed by atoms with E-state index in [0.29, 0.717) is 0 Å². The van der Waals surface area contributed by atoms with Gasteiger partial charge in [0.2, 0.25) is 0 Å². The Morgan fingerprint density at radius 3 is 2.00 bits per heavy atom. The first-order chi connectivity index (χ1) is 9.79. The monoisotopic (exact) mass is 274 g/mol. The summed E-state index contributed by atoms with van der Waals surface area (Å²) in [4.78, 5) is 0. The average Bonchev–Trinajstić information content (AvgIpc) is 2.45. The van der Waals surface area contributed by atoms with Crippen LogP contribution in [-0.2, 0) is 12.8 Å². The molecule has 0 aliphatic heterocycles. The van der Waals surface area contributed by atoms with Gasteiger partial charge in [0.1, 0.15) is 0 Å². The molecule has 0 nitrogen and oxygen atoms in total. The van der Waals surface area contributed by atoms with E-state index < -0.39 is 0 Å². The first-order valence-electron chi connectivity index (χ1n) is 8.87. The first-order valence-corrected chi connectivity index (χ1v) is 8.87. The Morgan fingerprint density at radius 2 is 1.30 bits per heavy atom. The lowest BCUT2D eigenvalue weighted by Gasteiger charge is -2.13. The second-order valence-corrected chi connectivity index (χ2v) is 6.19. The third kappa shape index (κ3) is 6.59. The maximum atomic E-state index is 2.36. The predicted molar refractivity (Wildman–Crippen MR) is 91.5 cm³/mol. The van der Waals surface area contributed by atoms with Gasteiger partial charge in [-0.3, -0.25) is 0 Å². The van der Waals surface area contributed by atoms with Crippen molar-refractivity contribution in [2.75, 3.05) is 0 Å². The van der Waals surface area contributed by atoms with Crippen molar-refractivity contribution in [3.63, 3.8) is 0 Å². The van der Waals surface area contributed by atoms with Crippen molar-refractivity contribution in [1.29, 1.82) is 0 Å². The van der Waals surface area contributed by atoms with Gasteiger partial charge in [0, 0.05) is 0 Å². The quantitative estimate of drug-likeness (QED) is 0.397. The van der Waals surface area contributed by atoms with Crippen molar-refractivity contribution in [3.8, 4) is 0 Å². The molecule has 0 aliphatic carbocycles. The molecule has 0 N–H and O–H groups in total. The van der Waals surface area contributed by atoms with E-state index in [1.165, 1.54) is 76.2 Å². The molecule has 0 bridgehead atoms. The third-order valence-corrected chi connectivity index (χ3v) is 4.34. The summed E-state index contributed by atoms with van der Waals surface area (Å²) in [6, 6.07) is 6.89. The zero-order valence-corrected chi connectivity index (χ0v) is 14.0. The highest BCUT2D eigenvalue weighted by atomic mass is 14.1. The molecular weight excluding hydrogens is 240 g/mol. The Bertz CT molecular complexity index is 351. The van der Waals surface area contributed by atoms with Crippen LogP contribution in [-0.4, -0.2) is 0 Å². The maximum Gasteiger partial charge on any atom is -0.0274 e. The van der Waals surface area contributed by atoms with Gasteiger partial charge in [0.25, 0.3) is 0 Å². The SMILES string of the molecule is CCCCCCCc1cccc(C)c1CCCCCC. The van der Waals surface area contributed by atoms with Crippen LogP contribution >= 0.6 is 0 Å². The van der Waals surface area contributed by atoms with Crippen molar-refractivity contribution < 1.29 is 0 Å². The van der Waals surface area contributed by atoms with E-state index in [1.54, 1.807) is 11.1 Å². The fourth-order valence-electron chi connectivity index (χ4n) is 3.00. The zero-order chi connectivity index (χ0) is 14.6. The Hall–Kier alpha value is -0.780. The van der Waals surface area contributed by atoms with Gasteiger partial charge in [-0.2, -0.15) is 0 Å². The minimum atomic E-state index is 1.29. The molecule has 1 aromatic carbocycles. The summed E-state index contributed by atoms with van der Waals surface area (Å²) in [6.45, 7) is 6.86. The van der Waals surface area contributed by atoms with Crippen molar-refractivity contribution in [2.24, 2.45) is 0 Å². The van der Waals surface area contributed by atoms with Gasteiger partial charge in [-0.1, -0.05) is 77.0 Å². The van der Waals surface area contributed by atoms with Crippen molar-refractivity contribution in [3.05, 3.63) is 34.9 Å². The van der Waals surface area contributed by atoms with E-state index in [2.05, 4.69) is 39.0 Å². The van der Waals surface area contributed by atoms with E-state index in [9.17, 15) is 0 Å². The molecular formula is C20H34. The molecule has 0 aromatic heterocycles. The van der Waals surface area contributed by atoms with Crippen LogP contribution in [0.25, 0.3) is 0 Å². The number of hydrogen-bond donors (Lipinski definition) is 0. The fraction of sp³-hybridized carbons (Fsp3) is 0.700.